The van der Waals surface area contributed by atoms with Gasteiger partial charge in [-0.15, -0.1) is 11.6 Å². The molecular weight excluding hydrogens is 314 g/mol. The molecule has 3 aromatic rings. The molecule has 3 rings (SSSR count). The van der Waals surface area contributed by atoms with Crippen molar-refractivity contribution in [3.63, 3.8) is 0 Å². The topological polar surface area (TPSA) is 55.6 Å². The van der Waals surface area contributed by atoms with E-state index in [-0.39, 0.29) is 5.91 Å². The number of nitrogens with one attached hydrogen (secondary N) is 1. The number of carbonyl (C=O) groups excluding carboxylic acids is 1. The third-order valence-electron chi connectivity index (χ3n) is 3.48. The minimum Gasteiger partial charge on any atom is -0.497 e. The van der Waals surface area contributed by atoms with E-state index in [0.717, 1.165) is 17.0 Å². The predicted molar refractivity (Wildman–Crippen MR) is 91.1 cm³/mol. The second-order valence-corrected chi connectivity index (χ2v) is 5.73. The fourth-order valence-electron chi connectivity index (χ4n) is 2.30. The van der Waals surface area contributed by atoms with Crippen LogP contribution >= 0.6 is 11.6 Å². The van der Waals surface area contributed by atoms with Crippen molar-refractivity contribution in [3.05, 3.63) is 48.7 Å². The summed E-state index contributed by atoms with van der Waals surface area (Å²) in [6, 6.07) is 13.2. The van der Waals surface area contributed by atoms with Crippen molar-refractivity contribution >= 4 is 29.0 Å². The van der Waals surface area contributed by atoms with Crippen LogP contribution in [0.15, 0.2) is 48.7 Å². The lowest BCUT2D eigenvalue weighted by Crippen LogP contribution is -2.21. The highest BCUT2D eigenvalue weighted by Gasteiger charge is 2.18. The van der Waals surface area contributed by atoms with Crippen molar-refractivity contribution in [3.8, 4) is 17.0 Å². The summed E-state index contributed by atoms with van der Waals surface area (Å²) in [5.41, 5.74) is 2.26. The summed E-state index contributed by atoms with van der Waals surface area (Å²) in [7, 11) is 1.61. The van der Waals surface area contributed by atoms with Crippen LogP contribution in [0.5, 0.6) is 5.75 Å². The third kappa shape index (κ3) is 3.00. The van der Waals surface area contributed by atoms with E-state index in [2.05, 4.69) is 10.3 Å². The molecule has 5 nitrogen and oxygen atoms in total. The van der Waals surface area contributed by atoms with Crippen molar-refractivity contribution in [1.29, 1.82) is 0 Å². The quantitative estimate of drug-likeness (QED) is 0.744. The van der Waals surface area contributed by atoms with Crippen LogP contribution in [0.25, 0.3) is 16.9 Å². The third-order valence-corrected chi connectivity index (χ3v) is 3.67. The summed E-state index contributed by atoms with van der Waals surface area (Å²) in [5.74, 6) is 1.04. The number of pyridine rings is 1. The van der Waals surface area contributed by atoms with E-state index in [0.29, 0.717) is 11.5 Å². The highest BCUT2D eigenvalue weighted by atomic mass is 35.5. The van der Waals surface area contributed by atoms with Crippen LogP contribution < -0.4 is 10.1 Å². The summed E-state index contributed by atoms with van der Waals surface area (Å²) in [6.07, 6.45) is 1.85. The van der Waals surface area contributed by atoms with E-state index < -0.39 is 5.38 Å². The van der Waals surface area contributed by atoms with E-state index in [1.165, 1.54) is 0 Å². The SMILES string of the molecule is COc1cccc(-c2nc3ccccn3c2NC(=O)[C@@H](C)Cl)c1. The number of rotatable bonds is 4. The van der Waals surface area contributed by atoms with E-state index >= 15 is 0 Å². The molecule has 1 amide bonds. The Labute approximate surface area is 138 Å². The minimum absolute atomic E-state index is 0.276. The van der Waals surface area contributed by atoms with E-state index in [9.17, 15) is 4.79 Å². The molecule has 0 aliphatic heterocycles. The number of aromatic nitrogens is 2. The summed E-state index contributed by atoms with van der Waals surface area (Å²) in [4.78, 5) is 16.7. The maximum atomic E-state index is 12.1. The number of hydrogen-bond acceptors (Lipinski definition) is 3. The zero-order valence-electron chi connectivity index (χ0n) is 12.8. The Hall–Kier alpha value is -2.53. The average Bonchev–Trinajstić information content (AvgIpc) is 2.93. The maximum Gasteiger partial charge on any atom is 0.243 e. The molecule has 1 N–H and O–H groups in total. The molecule has 0 fully saturated rings. The molecule has 6 heteroatoms. The number of imidazole rings is 1. The molecule has 23 heavy (non-hydrogen) atoms. The number of hydrogen-bond donors (Lipinski definition) is 1. The zero-order valence-corrected chi connectivity index (χ0v) is 13.5. The van der Waals surface area contributed by atoms with Gasteiger partial charge >= 0.3 is 0 Å². The van der Waals surface area contributed by atoms with E-state index in [4.69, 9.17) is 16.3 Å². The first kappa shape index (κ1) is 15.4. The molecule has 2 aromatic heterocycles. The number of anilines is 1. The van der Waals surface area contributed by atoms with Gasteiger partial charge in [0.2, 0.25) is 5.91 Å². The average molecular weight is 330 g/mol. The molecule has 0 aliphatic carbocycles. The number of ether oxygens (including phenoxy) is 1. The molecule has 118 valence electrons. The second kappa shape index (κ2) is 6.30. The molecule has 0 bridgehead atoms. The smallest absolute Gasteiger partial charge is 0.243 e. The summed E-state index contributed by atoms with van der Waals surface area (Å²) in [5, 5.41) is 2.22. The Bertz CT molecular complexity index is 858. The first-order chi connectivity index (χ1) is 11.1. The number of alkyl halides is 1. The van der Waals surface area contributed by atoms with Crippen molar-refractivity contribution in [1.82, 2.24) is 9.38 Å². The van der Waals surface area contributed by atoms with Gasteiger partial charge in [0.05, 0.1) is 7.11 Å². The van der Waals surface area contributed by atoms with Gasteiger partial charge in [0, 0.05) is 11.8 Å². The molecule has 1 atom stereocenters. The highest BCUT2D eigenvalue weighted by molar-refractivity contribution is 6.32. The van der Waals surface area contributed by atoms with Crippen molar-refractivity contribution in [2.75, 3.05) is 12.4 Å². The largest absolute Gasteiger partial charge is 0.497 e. The van der Waals surface area contributed by atoms with Crippen LogP contribution in [0.1, 0.15) is 6.92 Å². The van der Waals surface area contributed by atoms with Crippen LogP contribution in [0.3, 0.4) is 0 Å². The second-order valence-electron chi connectivity index (χ2n) is 5.08. The van der Waals surface area contributed by atoms with Crippen LogP contribution in [-0.4, -0.2) is 27.8 Å². The van der Waals surface area contributed by atoms with Gasteiger partial charge in [0.1, 0.15) is 28.3 Å². The number of carbonyl (C=O) groups is 1. The van der Waals surface area contributed by atoms with Crippen LogP contribution in [0.2, 0.25) is 0 Å². The molecule has 0 unspecified atom stereocenters. The molecule has 0 spiro atoms. The standard InChI is InChI=1S/C17H16ClN3O2/c1-11(18)17(22)20-16-15(12-6-5-7-13(10-12)23-2)19-14-8-3-4-9-21(14)16/h3-11H,1-2H3,(H,20,22)/t11-/m1/s1. The van der Waals surface area contributed by atoms with Gasteiger partial charge in [0.25, 0.3) is 0 Å². The number of nitrogens with zero attached hydrogens (tertiary/aromatic N) is 2. The number of benzene rings is 1. The van der Waals surface area contributed by atoms with Gasteiger partial charge in [-0.25, -0.2) is 4.98 Å². The summed E-state index contributed by atoms with van der Waals surface area (Å²) < 4.78 is 7.09. The lowest BCUT2D eigenvalue weighted by Gasteiger charge is -2.09. The predicted octanol–water partition coefficient (Wildman–Crippen LogP) is 3.58. The van der Waals surface area contributed by atoms with Crippen molar-refractivity contribution < 1.29 is 9.53 Å². The number of methoxy groups -OCH3 is 1. The minimum atomic E-state index is -0.637. The normalized spacial score (nSPS) is 12.1. The fourth-order valence-corrected chi connectivity index (χ4v) is 2.36. The number of amides is 1. The van der Waals surface area contributed by atoms with Gasteiger partial charge in [-0.3, -0.25) is 9.20 Å². The molecule has 0 radical (unpaired) electrons. The highest BCUT2D eigenvalue weighted by Crippen LogP contribution is 2.31. The monoisotopic (exact) mass is 329 g/mol. The maximum absolute atomic E-state index is 12.1. The first-order valence-corrected chi connectivity index (χ1v) is 7.60. The molecule has 0 saturated heterocycles. The van der Waals surface area contributed by atoms with Crippen LogP contribution in [-0.2, 0) is 4.79 Å². The summed E-state index contributed by atoms with van der Waals surface area (Å²) >= 11 is 5.88. The van der Waals surface area contributed by atoms with Gasteiger partial charge < -0.3 is 10.1 Å². The Morgan fingerprint density at radius 1 is 1.30 bits per heavy atom. The lowest BCUT2D eigenvalue weighted by atomic mass is 10.1. The van der Waals surface area contributed by atoms with Gasteiger partial charge in [-0.1, -0.05) is 18.2 Å². The van der Waals surface area contributed by atoms with Crippen molar-refractivity contribution in [2.45, 2.75) is 12.3 Å². The Morgan fingerprint density at radius 2 is 2.13 bits per heavy atom. The molecular formula is C17H16ClN3O2. The Balaban J connectivity index is 2.16. The Morgan fingerprint density at radius 3 is 2.87 bits per heavy atom. The molecule has 0 aliphatic rings. The zero-order chi connectivity index (χ0) is 16.4. The first-order valence-electron chi connectivity index (χ1n) is 7.16. The molecule has 2 heterocycles. The van der Waals surface area contributed by atoms with Crippen LogP contribution in [0.4, 0.5) is 5.82 Å². The van der Waals surface area contributed by atoms with Gasteiger partial charge in [-0.2, -0.15) is 0 Å². The summed E-state index contributed by atoms with van der Waals surface area (Å²) in [6.45, 7) is 1.63. The van der Waals surface area contributed by atoms with Gasteiger partial charge in [-0.05, 0) is 31.2 Å². The number of halogens is 1. The van der Waals surface area contributed by atoms with Gasteiger partial charge in [0.15, 0.2) is 0 Å². The van der Waals surface area contributed by atoms with Crippen LogP contribution in [0, 0.1) is 0 Å². The molecule has 0 saturated carbocycles. The van der Waals surface area contributed by atoms with E-state index in [1.807, 2.05) is 53.1 Å². The number of fused-ring (bicyclic) bond motifs is 1. The lowest BCUT2D eigenvalue weighted by molar-refractivity contribution is -0.115. The van der Waals surface area contributed by atoms with E-state index in [1.54, 1.807) is 14.0 Å². The Kier molecular flexibility index (Phi) is 4.21. The molecule has 1 aromatic carbocycles. The van der Waals surface area contributed by atoms with Crippen molar-refractivity contribution in [2.24, 2.45) is 0 Å². The fraction of sp³-hybridized carbons (Fsp3) is 0.176.